The van der Waals surface area contributed by atoms with E-state index in [1.165, 1.54) is 69.5 Å². The van der Waals surface area contributed by atoms with E-state index in [0.717, 1.165) is 39.0 Å². The zero-order valence-corrected chi connectivity index (χ0v) is 19.3. The van der Waals surface area contributed by atoms with E-state index in [-0.39, 0.29) is 11.4 Å². The Hall–Kier alpha value is -2.68. The van der Waals surface area contributed by atoms with Crippen LogP contribution in [0.2, 0.25) is 0 Å². The molecule has 0 unspecified atom stereocenters. The quantitative estimate of drug-likeness (QED) is 0.657. The zero-order valence-electron chi connectivity index (χ0n) is 19.3. The molecule has 0 spiro atoms. The number of nitrogen functional groups attached to an aromatic ring is 1. The molecule has 0 amide bonds. The summed E-state index contributed by atoms with van der Waals surface area (Å²) in [6, 6.07) is 0. The first-order valence-corrected chi connectivity index (χ1v) is 12.5. The molecule has 3 N–H and O–H groups in total. The highest BCUT2D eigenvalue weighted by Crippen LogP contribution is 2.36. The van der Waals surface area contributed by atoms with E-state index in [0.29, 0.717) is 17.7 Å². The highest BCUT2D eigenvalue weighted by molar-refractivity contribution is 5.98. The van der Waals surface area contributed by atoms with Crippen molar-refractivity contribution in [2.75, 3.05) is 43.4 Å². The predicted molar refractivity (Wildman–Crippen MR) is 127 cm³/mol. The number of carbonyl (C=O) groups is 1. The number of hydrogen-bond acceptors (Lipinski definition) is 7. The van der Waals surface area contributed by atoms with Crippen LogP contribution in [-0.4, -0.2) is 68.2 Å². The van der Waals surface area contributed by atoms with Crippen molar-refractivity contribution < 1.29 is 9.90 Å². The minimum atomic E-state index is -1.08. The second-order valence-corrected chi connectivity index (χ2v) is 9.77. The molecule has 178 valence electrons. The van der Waals surface area contributed by atoms with E-state index in [2.05, 4.69) is 25.6 Å². The summed E-state index contributed by atoms with van der Waals surface area (Å²) in [7, 11) is 0. The number of likely N-dealkylation sites (tertiary alicyclic amines) is 1. The van der Waals surface area contributed by atoms with Crippen LogP contribution in [0.3, 0.4) is 0 Å². The molecule has 3 fully saturated rings. The average molecular weight is 454 g/mol. The molecule has 4 heterocycles. The molecule has 5 rings (SSSR count). The molecule has 2 aromatic rings. The van der Waals surface area contributed by atoms with Gasteiger partial charge < -0.3 is 25.2 Å². The van der Waals surface area contributed by atoms with Crippen molar-refractivity contribution in [1.82, 2.24) is 24.4 Å². The lowest BCUT2D eigenvalue weighted by atomic mass is 9.87. The fourth-order valence-corrected chi connectivity index (χ4v) is 5.59. The Morgan fingerprint density at radius 3 is 2.39 bits per heavy atom. The van der Waals surface area contributed by atoms with Gasteiger partial charge in [-0.3, -0.25) is 0 Å². The maximum absolute atomic E-state index is 11.7. The number of aromatic carboxylic acids is 1. The molecule has 2 aliphatic heterocycles. The Kier molecular flexibility index (Phi) is 6.48. The first-order valence-electron chi connectivity index (χ1n) is 12.5. The fraction of sp³-hybridized carbons (Fsp3) is 0.667. The van der Waals surface area contributed by atoms with Gasteiger partial charge in [0.15, 0.2) is 0 Å². The highest BCUT2D eigenvalue weighted by Gasteiger charge is 2.30. The van der Waals surface area contributed by atoms with E-state index in [4.69, 9.17) is 10.7 Å². The summed E-state index contributed by atoms with van der Waals surface area (Å²) < 4.78 is 2.42. The maximum atomic E-state index is 11.7. The van der Waals surface area contributed by atoms with Crippen LogP contribution >= 0.6 is 0 Å². The molecule has 0 atom stereocenters. The topological polar surface area (TPSA) is 113 Å². The van der Waals surface area contributed by atoms with Crippen LogP contribution in [0.25, 0.3) is 0 Å². The van der Waals surface area contributed by atoms with Crippen LogP contribution in [0.15, 0.2) is 12.5 Å². The number of carboxylic acids is 1. The molecule has 33 heavy (non-hydrogen) atoms. The standard InChI is InChI=1S/C24H35N7O2/c25-21-20(24(32)33)23(27-16-26-21)30-11-7-18(8-12-30)22-28-19(17-5-2-1-3-6-17)15-31(22)14-13-29-9-4-10-29/h15-18H,1-14H2,(H,32,33)(H2,25,26,27). The molecular formula is C24H35N7O2. The SMILES string of the molecule is Nc1ncnc(N2CCC(c3nc(C4CCCCC4)cn3CCN3CCC3)CC2)c1C(=O)O. The third kappa shape index (κ3) is 4.69. The van der Waals surface area contributed by atoms with Crippen LogP contribution in [0.1, 0.15) is 85.1 Å². The van der Waals surface area contributed by atoms with Gasteiger partial charge in [0, 0.05) is 44.2 Å². The van der Waals surface area contributed by atoms with E-state index >= 15 is 0 Å². The summed E-state index contributed by atoms with van der Waals surface area (Å²) >= 11 is 0. The second-order valence-electron chi connectivity index (χ2n) is 9.77. The molecule has 1 saturated carbocycles. The number of piperidine rings is 1. The van der Waals surface area contributed by atoms with Crippen molar-refractivity contribution >= 4 is 17.6 Å². The summed E-state index contributed by atoms with van der Waals surface area (Å²) in [6.45, 7) is 5.99. The minimum Gasteiger partial charge on any atom is -0.477 e. The molecule has 9 nitrogen and oxygen atoms in total. The number of anilines is 2. The summed E-state index contributed by atoms with van der Waals surface area (Å²) in [6.07, 6.45) is 13.3. The van der Waals surface area contributed by atoms with Crippen molar-refractivity contribution in [1.29, 1.82) is 0 Å². The third-order valence-electron chi connectivity index (χ3n) is 7.69. The van der Waals surface area contributed by atoms with Gasteiger partial charge in [-0.25, -0.2) is 19.7 Å². The lowest BCUT2D eigenvalue weighted by Crippen LogP contribution is -2.39. The second kappa shape index (κ2) is 9.67. The van der Waals surface area contributed by atoms with E-state index in [1.807, 2.05) is 4.90 Å². The Morgan fingerprint density at radius 1 is 0.970 bits per heavy atom. The van der Waals surface area contributed by atoms with Gasteiger partial charge in [0.25, 0.3) is 0 Å². The van der Waals surface area contributed by atoms with Crippen LogP contribution in [0, 0.1) is 0 Å². The molecule has 0 bridgehead atoms. The fourth-order valence-electron chi connectivity index (χ4n) is 5.59. The van der Waals surface area contributed by atoms with Gasteiger partial charge in [0.2, 0.25) is 0 Å². The summed E-state index contributed by atoms with van der Waals surface area (Å²) in [4.78, 5) is 29.6. The van der Waals surface area contributed by atoms with Gasteiger partial charge in [-0.1, -0.05) is 19.3 Å². The van der Waals surface area contributed by atoms with Crippen LogP contribution in [-0.2, 0) is 6.54 Å². The number of nitrogens with two attached hydrogens (primary N) is 1. The molecule has 3 aliphatic rings. The lowest BCUT2D eigenvalue weighted by molar-refractivity contribution is 0.0698. The molecule has 2 aromatic heterocycles. The Balaban J connectivity index is 1.32. The average Bonchev–Trinajstić information content (AvgIpc) is 3.22. The molecular weight excluding hydrogens is 418 g/mol. The normalized spacial score (nSPS) is 20.7. The number of imidazole rings is 1. The number of carboxylic acid groups (broad SMARTS) is 1. The van der Waals surface area contributed by atoms with Crippen molar-refractivity contribution in [2.45, 2.75) is 69.7 Å². The monoisotopic (exact) mass is 453 g/mol. The summed E-state index contributed by atoms with van der Waals surface area (Å²) in [5.41, 5.74) is 7.13. The van der Waals surface area contributed by atoms with Crippen molar-refractivity contribution in [3.05, 3.63) is 29.6 Å². The number of rotatable bonds is 7. The van der Waals surface area contributed by atoms with Gasteiger partial charge in [0.05, 0.1) is 5.69 Å². The number of nitrogens with zero attached hydrogens (tertiary/aromatic N) is 6. The molecule has 9 heteroatoms. The highest BCUT2D eigenvalue weighted by atomic mass is 16.4. The lowest BCUT2D eigenvalue weighted by Gasteiger charge is -2.34. The summed E-state index contributed by atoms with van der Waals surface area (Å²) in [5.74, 6) is 1.57. The zero-order chi connectivity index (χ0) is 22.8. The molecule has 0 radical (unpaired) electrons. The Morgan fingerprint density at radius 2 is 1.73 bits per heavy atom. The first-order chi connectivity index (χ1) is 16.1. The Bertz CT molecular complexity index is 973. The van der Waals surface area contributed by atoms with Gasteiger partial charge in [-0.2, -0.15) is 0 Å². The van der Waals surface area contributed by atoms with Crippen LogP contribution < -0.4 is 10.6 Å². The van der Waals surface area contributed by atoms with Gasteiger partial charge in [0.1, 0.15) is 29.4 Å². The number of hydrogen-bond donors (Lipinski definition) is 2. The number of aromatic nitrogens is 4. The van der Waals surface area contributed by atoms with Crippen molar-refractivity contribution in [3.8, 4) is 0 Å². The molecule has 1 aliphatic carbocycles. The van der Waals surface area contributed by atoms with E-state index in [1.54, 1.807) is 0 Å². The Labute approximate surface area is 195 Å². The van der Waals surface area contributed by atoms with Gasteiger partial charge in [-0.05, 0) is 45.2 Å². The molecule has 2 saturated heterocycles. The maximum Gasteiger partial charge on any atom is 0.343 e. The van der Waals surface area contributed by atoms with Crippen LogP contribution in [0.4, 0.5) is 11.6 Å². The largest absolute Gasteiger partial charge is 0.477 e. The summed E-state index contributed by atoms with van der Waals surface area (Å²) in [5, 5.41) is 9.60. The smallest absolute Gasteiger partial charge is 0.343 e. The van der Waals surface area contributed by atoms with Gasteiger partial charge in [-0.15, -0.1) is 0 Å². The molecule has 0 aromatic carbocycles. The third-order valence-corrected chi connectivity index (χ3v) is 7.69. The van der Waals surface area contributed by atoms with E-state index < -0.39 is 5.97 Å². The predicted octanol–water partition coefficient (Wildman–Crippen LogP) is 3.09. The van der Waals surface area contributed by atoms with E-state index in [9.17, 15) is 9.90 Å². The minimum absolute atomic E-state index is 0.00610. The van der Waals surface area contributed by atoms with Crippen molar-refractivity contribution in [2.24, 2.45) is 0 Å². The van der Waals surface area contributed by atoms with Gasteiger partial charge >= 0.3 is 5.97 Å². The first kappa shape index (κ1) is 22.1. The van der Waals surface area contributed by atoms with Crippen molar-refractivity contribution in [3.63, 3.8) is 0 Å². The van der Waals surface area contributed by atoms with Crippen LogP contribution in [0.5, 0.6) is 0 Å².